The molecule has 0 atom stereocenters. The van der Waals surface area contributed by atoms with E-state index < -0.39 is 0 Å². The predicted octanol–water partition coefficient (Wildman–Crippen LogP) is 2.59. The van der Waals surface area contributed by atoms with Gasteiger partial charge in [-0.25, -0.2) is 0 Å². The summed E-state index contributed by atoms with van der Waals surface area (Å²) in [5, 5.41) is 0. The second kappa shape index (κ2) is 5.33. The van der Waals surface area contributed by atoms with Gasteiger partial charge in [-0.2, -0.15) is 0 Å². The molecule has 0 N–H and O–H groups in total. The maximum Gasteiger partial charge on any atom is 0.0605 e. The Kier molecular flexibility index (Phi) is 3.56. The molecule has 19 heavy (non-hydrogen) atoms. The summed E-state index contributed by atoms with van der Waals surface area (Å²) in [6.07, 6.45) is 5.84. The molecule has 0 saturated carbocycles. The summed E-state index contributed by atoms with van der Waals surface area (Å²) in [7, 11) is 1.82. The molecule has 3 rings (SSSR count). The average Bonchev–Trinajstić information content (AvgIpc) is 2.48. The monoisotopic (exact) mass is 258 g/mol. The van der Waals surface area contributed by atoms with E-state index >= 15 is 0 Å². The summed E-state index contributed by atoms with van der Waals surface area (Å²) in [6.45, 7) is 5.31. The third-order valence-electron chi connectivity index (χ3n) is 4.38. The maximum atomic E-state index is 5.46. The minimum absolute atomic E-state index is 0.444. The molecule has 1 aromatic rings. The van der Waals surface area contributed by atoms with E-state index in [4.69, 9.17) is 4.74 Å². The Morgan fingerprint density at radius 2 is 2.05 bits per heavy atom. The molecule has 2 aliphatic rings. The lowest BCUT2D eigenvalue weighted by Crippen LogP contribution is -2.37. The molecular weight excluding hydrogens is 236 g/mol. The summed E-state index contributed by atoms with van der Waals surface area (Å²) in [5.74, 6) is 0. The third kappa shape index (κ3) is 2.39. The number of anilines is 1. The third-order valence-corrected chi connectivity index (χ3v) is 4.38. The second-order valence-corrected chi connectivity index (χ2v) is 5.50. The Hall–Kier alpha value is -1.35. The number of aryl methyl sites for hydroxylation is 1. The van der Waals surface area contributed by atoms with E-state index in [1.165, 1.54) is 22.4 Å². The molecule has 0 spiro atoms. The molecule has 102 valence electrons. The highest BCUT2D eigenvalue weighted by Gasteiger charge is 2.22. The number of hydrogen-bond donors (Lipinski definition) is 0. The van der Waals surface area contributed by atoms with Crippen LogP contribution in [0.25, 0.3) is 0 Å². The average molecular weight is 258 g/mol. The highest BCUT2D eigenvalue weighted by molar-refractivity contribution is 5.88. The van der Waals surface area contributed by atoms with Gasteiger partial charge in [0.15, 0.2) is 0 Å². The lowest BCUT2D eigenvalue weighted by atomic mass is 9.94. The lowest BCUT2D eigenvalue weighted by molar-refractivity contribution is 0.0819. The lowest BCUT2D eigenvalue weighted by Gasteiger charge is -2.35. The largest absolute Gasteiger partial charge is 0.381 e. The summed E-state index contributed by atoms with van der Waals surface area (Å²) >= 11 is 0. The smallest absolute Gasteiger partial charge is 0.0605 e. The van der Waals surface area contributed by atoms with Crippen molar-refractivity contribution >= 4 is 11.9 Å². The first kappa shape index (κ1) is 12.7. The van der Waals surface area contributed by atoms with Gasteiger partial charge in [0, 0.05) is 44.2 Å². The minimum atomic E-state index is 0.444. The molecule has 0 radical (unpaired) electrons. The van der Waals surface area contributed by atoms with Crippen LogP contribution >= 0.6 is 0 Å². The molecule has 1 aromatic carbocycles. The standard InChI is InChI=1S/C16H22N2O/c1-12-3-4-16(14-5-8-17-11-15(12)14)18-9-6-13(19-2)7-10-18/h3-4,11,13H,5-10H2,1-2H3. The van der Waals surface area contributed by atoms with Crippen molar-refractivity contribution in [3.05, 3.63) is 28.8 Å². The quantitative estimate of drug-likeness (QED) is 0.814. The van der Waals surface area contributed by atoms with Crippen molar-refractivity contribution in [2.75, 3.05) is 31.6 Å². The van der Waals surface area contributed by atoms with Gasteiger partial charge in [0.05, 0.1) is 6.10 Å². The molecule has 1 fully saturated rings. The van der Waals surface area contributed by atoms with Crippen LogP contribution in [0.15, 0.2) is 17.1 Å². The van der Waals surface area contributed by atoms with Gasteiger partial charge in [0.2, 0.25) is 0 Å². The van der Waals surface area contributed by atoms with Crippen molar-refractivity contribution in [2.45, 2.75) is 32.3 Å². The molecule has 1 saturated heterocycles. The molecule has 2 heterocycles. The summed E-state index contributed by atoms with van der Waals surface area (Å²) in [6, 6.07) is 4.52. The Balaban J connectivity index is 1.88. The van der Waals surface area contributed by atoms with Crippen molar-refractivity contribution < 1.29 is 4.74 Å². The van der Waals surface area contributed by atoms with Gasteiger partial charge in [-0.15, -0.1) is 0 Å². The fourth-order valence-corrected chi connectivity index (χ4v) is 3.17. The van der Waals surface area contributed by atoms with Crippen LogP contribution in [0.2, 0.25) is 0 Å². The molecule has 3 nitrogen and oxygen atoms in total. The van der Waals surface area contributed by atoms with Gasteiger partial charge in [-0.05, 0) is 43.4 Å². The fraction of sp³-hybridized carbons (Fsp3) is 0.562. The fourth-order valence-electron chi connectivity index (χ4n) is 3.17. The number of benzene rings is 1. The van der Waals surface area contributed by atoms with Gasteiger partial charge in [-0.1, -0.05) is 6.07 Å². The highest BCUT2D eigenvalue weighted by Crippen LogP contribution is 2.30. The van der Waals surface area contributed by atoms with Crippen LogP contribution in [0.5, 0.6) is 0 Å². The topological polar surface area (TPSA) is 24.8 Å². The Labute approximate surface area is 115 Å². The van der Waals surface area contributed by atoms with Crippen molar-refractivity contribution in [3.63, 3.8) is 0 Å². The van der Waals surface area contributed by atoms with Crippen molar-refractivity contribution in [1.29, 1.82) is 0 Å². The van der Waals surface area contributed by atoms with Crippen molar-refractivity contribution in [1.82, 2.24) is 0 Å². The van der Waals surface area contributed by atoms with E-state index in [-0.39, 0.29) is 0 Å². The molecule has 0 aromatic heterocycles. The number of piperidine rings is 1. The summed E-state index contributed by atoms with van der Waals surface area (Å²) < 4.78 is 5.46. The van der Waals surface area contributed by atoms with E-state index in [1.54, 1.807) is 0 Å². The van der Waals surface area contributed by atoms with Gasteiger partial charge in [0.1, 0.15) is 0 Å². The second-order valence-electron chi connectivity index (χ2n) is 5.50. The first-order chi connectivity index (χ1) is 9.29. The zero-order valence-electron chi connectivity index (χ0n) is 11.9. The Bertz CT molecular complexity index is 488. The first-order valence-electron chi connectivity index (χ1n) is 7.19. The van der Waals surface area contributed by atoms with Crippen LogP contribution in [-0.2, 0) is 11.2 Å². The molecule has 0 amide bonds. The van der Waals surface area contributed by atoms with Crippen LogP contribution < -0.4 is 4.90 Å². The predicted molar refractivity (Wildman–Crippen MR) is 79.6 cm³/mol. The number of methoxy groups -OCH3 is 1. The van der Waals surface area contributed by atoms with Crippen LogP contribution in [0, 0.1) is 6.92 Å². The molecular formula is C16H22N2O. The SMILES string of the molecule is COC1CCN(c2ccc(C)c3c2CCN=C3)CC1. The molecule has 0 bridgehead atoms. The van der Waals surface area contributed by atoms with E-state index in [1.807, 2.05) is 7.11 Å². The molecule has 3 heteroatoms. The zero-order valence-corrected chi connectivity index (χ0v) is 11.9. The highest BCUT2D eigenvalue weighted by atomic mass is 16.5. The molecule has 0 unspecified atom stereocenters. The van der Waals surface area contributed by atoms with Gasteiger partial charge in [-0.3, -0.25) is 4.99 Å². The first-order valence-corrected chi connectivity index (χ1v) is 7.19. The zero-order chi connectivity index (χ0) is 13.2. The number of ether oxygens (including phenoxy) is 1. The van der Waals surface area contributed by atoms with Crippen LogP contribution in [-0.4, -0.2) is 39.1 Å². The van der Waals surface area contributed by atoms with Crippen LogP contribution in [0.4, 0.5) is 5.69 Å². The molecule has 0 aliphatic carbocycles. The number of rotatable bonds is 2. The number of aliphatic imine (C=N–C) groups is 1. The van der Waals surface area contributed by atoms with Gasteiger partial charge in [0.25, 0.3) is 0 Å². The summed E-state index contributed by atoms with van der Waals surface area (Å²) in [5.41, 5.74) is 5.60. The van der Waals surface area contributed by atoms with Gasteiger partial charge < -0.3 is 9.64 Å². The van der Waals surface area contributed by atoms with E-state index in [2.05, 4.69) is 35.2 Å². The number of fused-ring (bicyclic) bond motifs is 1. The minimum Gasteiger partial charge on any atom is -0.381 e. The van der Waals surface area contributed by atoms with E-state index in [0.717, 1.165) is 38.9 Å². The van der Waals surface area contributed by atoms with Gasteiger partial charge >= 0.3 is 0 Å². The van der Waals surface area contributed by atoms with E-state index in [9.17, 15) is 0 Å². The van der Waals surface area contributed by atoms with Crippen molar-refractivity contribution in [2.24, 2.45) is 4.99 Å². The Morgan fingerprint density at radius 1 is 1.26 bits per heavy atom. The summed E-state index contributed by atoms with van der Waals surface area (Å²) in [4.78, 5) is 6.95. The normalized spacial score (nSPS) is 19.6. The number of nitrogens with zero attached hydrogens (tertiary/aromatic N) is 2. The molecule has 2 aliphatic heterocycles. The maximum absolute atomic E-state index is 5.46. The number of hydrogen-bond acceptors (Lipinski definition) is 3. The van der Waals surface area contributed by atoms with Crippen molar-refractivity contribution in [3.8, 4) is 0 Å². The van der Waals surface area contributed by atoms with E-state index in [0.29, 0.717) is 6.10 Å². The van der Waals surface area contributed by atoms with Crippen LogP contribution in [0.3, 0.4) is 0 Å². The van der Waals surface area contributed by atoms with Crippen LogP contribution in [0.1, 0.15) is 29.5 Å². The Morgan fingerprint density at radius 3 is 2.79 bits per heavy atom.